The monoisotopic (exact) mass is 285 g/mol. The summed E-state index contributed by atoms with van der Waals surface area (Å²) in [4.78, 5) is 0. The van der Waals surface area contributed by atoms with E-state index in [4.69, 9.17) is 16.0 Å². The predicted octanol–water partition coefficient (Wildman–Crippen LogP) is 4.35. The fourth-order valence-corrected chi connectivity index (χ4v) is 2.25. The minimum absolute atomic E-state index is 0.486. The van der Waals surface area contributed by atoms with Gasteiger partial charge in [0.05, 0.1) is 0 Å². The van der Waals surface area contributed by atoms with E-state index in [-0.39, 0.29) is 0 Å². The van der Waals surface area contributed by atoms with Crippen molar-refractivity contribution in [1.82, 2.24) is 0 Å². The Bertz CT molecular complexity index is 835. The molecule has 1 N–H and O–H groups in total. The first-order valence-corrected chi connectivity index (χ1v) is 6.54. The molecule has 0 aliphatic heterocycles. The maximum atomic E-state index is 9.20. The fraction of sp³-hybridized carbons (Fsp3) is 0.0625. The summed E-state index contributed by atoms with van der Waals surface area (Å²) in [7, 11) is 0. The molecule has 0 saturated heterocycles. The summed E-state index contributed by atoms with van der Waals surface area (Å²) >= 11 is 5.88. The maximum Gasteiger partial charge on any atom is 0.137 e. The van der Waals surface area contributed by atoms with E-state index >= 15 is 0 Å². The Morgan fingerprint density at radius 2 is 1.80 bits per heavy atom. The number of nitrogens with zero attached hydrogens (tertiary/aromatic N) is 1. The highest BCUT2D eigenvalue weighted by atomic mass is 35.5. The van der Waals surface area contributed by atoms with Gasteiger partial charge in [-0.2, -0.15) is 0 Å². The predicted molar refractivity (Wildman–Crippen MR) is 78.7 cm³/mol. The van der Waals surface area contributed by atoms with Gasteiger partial charge >= 0.3 is 0 Å². The minimum atomic E-state index is 0.486. The molecule has 100 valence electrons. The van der Waals surface area contributed by atoms with Gasteiger partial charge in [0, 0.05) is 22.0 Å². The third kappa shape index (κ3) is 2.28. The van der Waals surface area contributed by atoms with Crippen molar-refractivity contribution in [2.45, 2.75) is 6.92 Å². The van der Waals surface area contributed by atoms with Crippen LogP contribution < -0.4 is 5.36 Å². The Hall–Kier alpha value is -2.26. The normalized spacial score (nSPS) is 12.0. The summed E-state index contributed by atoms with van der Waals surface area (Å²) in [6, 6.07) is 14.8. The average molecular weight is 286 g/mol. The van der Waals surface area contributed by atoms with Crippen molar-refractivity contribution >= 4 is 22.6 Å². The van der Waals surface area contributed by atoms with Crippen molar-refractivity contribution in [3.63, 3.8) is 0 Å². The van der Waals surface area contributed by atoms with E-state index in [1.807, 2.05) is 37.3 Å². The Kier molecular flexibility index (Phi) is 3.20. The summed E-state index contributed by atoms with van der Waals surface area (Å²) in [6.45, 7) is 1.98. The van der Waals surface area contributed by atoms with Gasteiger partial charge in [-0.05, 0) is 43.3 Å². The first-order chi connectivity index (χ1) is 9.67. The molecule has 1 aromatic heterocycles. The first kappa shape index (κ1) is 12.8. The van der Waals surface area contributed by atoms with Crippen molar-refractivity contribution in [3.8, 4) is 11.3 Å². The molecule has 1 heterocycles. The second-order valence-corrected chi connectivity index (χ2v) is 5.04. The third-order valence-corrected chi connectivity index (χ3v) is 3.39. The quantitative estimate of drug-likeness (QED) is 0.533. The Morgan fingerprint density at radius 3 is 2.50 bits per heavy atom. The van der Waals surface area contributed by atoms with Crippen molar-refractivity contribution in [3.05, 3.63) is 64.5 Å². The molecule has 0 aliphatic rings. The molecule has 0 fully saturated rings. The van der Waals surface area contributed by atoms with E-state index in [1.54, 1.807) is 18.2 Å². The highest BCUT2D eigenvalue weighted by molar-refractivity contribution is 6.30. The zero-order valence-corrected chi connectivity index (χ0v) is 11.6. The van der Waals surface area contributed by atoms with Crippen molar-refractivity contribution in [2.75, 3.05) is 0 Å². The molecule has 20 heavy (non-hydrogen) atoms. The molecular weight excluding hydrogens is 274 g/mol. The molecular formula is C16H12ClNO2. The lowest BCUT2D eigenvalue weighted by atomic mass is 10.1. The number of rotatable bonds is 1. The van der Waals surface area contributed by atoms with Crippen LogP contribution in [0.1, 0.15) is 5.56 Å². The lowest BCUT2D eigenvalue weighted by molar-refractivity contribution is 0.302. The summed E-state index contributed by atoms with van der Waals surface area (Å²) in [5, 5.41) is 14.5. The number of aryl methyl sites for hydroxylation is 1. The third-order valence-electron chi connectivity index (χ3n) is 3.14. The second-order valence-electron chi connectivity index (χ2n) is 4.60. The molecule has 0 atom stereocenters. The molecule has 0 bridgehead atoms. The highest BCUT2D eigenvalue weighted by Gasteiger charge is 2.06. The largest absolute Gasteiger partial charge is 0.456 e. The molecule has 0 unspecified atom stereocenters. The van der Waals surface area contributed by atoms with Gasteiger partial charge in [0.2, 0.25) is 0 Å². The van der Waals surface area contributed by atoms with Crippen molar-refractivity contribution in [1.29, 1.82) is 0 Å². The van der Waals surface area contributed by atoms with E-state index < -0.39 is 0 Å². The van der Waals surface area contributed by atoms with Crippen LogP contribution in [0.4, 0.5) is 0 Å². The summed E-state index contributed by atoms with van der Waals surface area (Å²) in [6.07, 6.45) is 0. The molecule has 4 heteroatoms. The van der Waals surface area contributed by atoms with Crippen molar-refractivity contribution < 1.29 is 9.62 Å². The van der Waals surface area contributed by atoms with Crippen LogP contribution in [-0.2, 0) is 0 Å². The number of hydrogen-bond donors (Lipinski definition) is 1. The Morgan fingerprint density at radius 1 is 1.05 bits per heavy atom. The molecule has 2 aromatic carbocycles. The van der Waals surface area contributed by atoms with Gasteiger partial charge < -0.3 is 9.62 Å². The van der Waals surface area contributed by atoms with Gasteiger partial charge in [-0.3, -0.25) is 0 Å². The van der Waals surface area contributed by atoms with E-state index in [1.165, 1.54) is 0 Å². The van der Waals surface area contributed by atoms with Crippen LogP contribution in [-0.4, -0.2) is 5.21 Å². The average Bonchev–Trinajstić information content (AvgIpc) is 2.47. The van der Waals surface area contributed by atoms with E-state index in [9.17, 15) is 5.21 Å². The van der Waals surface area contributed by atoms with Crippen LogP contribution in [0.15, 0.2) is 58.1 Å². The summed E-state index contributed by atoms with van der Waals surface area (Å²) in [5.74, 6) is 0.630. The van der Waals surface area contributed by atoms with Gasteiger partial charge in [0.15, 0.2) is 0 Å². The standard InChI is InChI=1S/C16H12ClNO2/c1-10-2-7-15-13(8-10)14(18-19)9-16(20-15)11-3-5-12(17)6-4-11/h2-9,19H,1H3. The Balaban J connectivity index is 2.28. The minimum Gasteiger partial charge on any atom is -0.456 e. The number of hydrogen-bond acceptors (Lipinski definition) is 3. The van der Waals surface area contributed by atoms with Crippen molar-refractivity contribution in [2.24, 2.45) is 5.16 Å². The maximum absolute atomic E-state index is 9.20. The molecule has 0 saturated carbocycles. The molecule has 0 aliphatic carbocycles. The second kappa shape index (κ2) is 5.02. The van der Waals surface area contributed by atoms with Crippen LogP contribution in [0.5, 0.6) is 0 Å². The van der Waals surface area contributed by atoms with Crippen LogP contribution in [0.2, 0.25) is 5.02 Å². The van der Waals surface area contributed by atoms with Gasteiger partial charge in [-0.25, -0.2) is 0 Å². The van der Waals surface area contributed by atoms with Crippen LogP contribution >= 0.6 is 11.6 Å². The summed E-state index contributed by atoms with van der Waals surface area (Å²) in [5.41, 5.74) is 2.63. The molecule has 3 nitrogen and oxygen atoms in total. The van der Waals surface area contributed by atoms with Gasteiger partial charge in [0.1, 0.15) is 16.7 Å². The van der Waals surface area contributed by atoms with Crippen LogP contribution in [0, 0.1) is 6.92 Å². The number of fused-ring (bicyclic) bond motifs is 1. The van der Waals surface area contributed by atoms with Gasteiger partial charge in [-0.1, -0.05) is 28.4 Å². The van der Waals surface area contributed by atoms with E-state index in [2.05, 4.69) is 5.16 Å². The molecule has 0 radical (unpaired) electrons. The lowest BCUT2D eigenvalue weighted by Gasteiger charge is -2.05. The lowest BCUT2D eigenvalue weighted by Crippen LogP contribution is -2.03. The van der Waals surface area contributed by atoms with Gasteiger partial charge in [-0.15, -0.1) is 0 Å². The van der Waals surface area contributed by atoms with E-state index in [0.29, 0.717) is 21.7 Å². The molecule has 0 amide bonds. The molecule has 3 rings (SSSR count). The van der Waals surface area contributed by atoms with E-state index in [0.717, 1.165) is 16.5 Å². The van der Waals surface area contributed by atoms with Crippen LogP contribution in [0.25, 0.3) is 22.3 Å². The smallest absolute Gasteiger partial charge is 0.137 e. The molecule has 0 spiro atoms. The highest BCUT2D eigenvalue weighted by Crippen LogP contribution is 2.24. The summed E-state index contributed by atoms with van der Waals surface area (Å²) < 4.78 is 5.87. The fourth-order valence-electron chi connectivity index (χ4n) is 2.12. The zero-order chi connectivity index (χ0) is 14.1. The zero-order valence-electron chi connectivity index (χ0n) is 10.8. The first-order valence-electron chi connectivity index (χ1n) is 6.16. The van der Waals surface area contributed by atoms with Crippen LogP contribution in [0.3, 0.4) is 0 Å². The Labute approximate surface area is 120 Å². The number of benzene rings is 2. The number of halogens is 1. The van der Waals surface area contributed by atoms with Gasteiger partial charge in [0.25, 0.3) is 0 Å². The topological polar surface area (TPSA) is 45.7 Å². The molecule has 3 aromatic rings. The SMILES string of the molecule is Cc1ccc2oc(-c3ccc(Cl)cc3)cc(=NO)c2c1.